The molecule has 5 heteroatoms. The predicted molar refractivity (Wildman–Crippen MR) is 59.7 cm³/mol. The van der Waals surface area contributed by atoms with Gasteiger partial charge in [-0.15, -0.1) is 11.8 Å². The summed E-state index contributed by atoms with van der Waals surface area (Å²) in [7, 11) is 3.26. The van der Waals surface area contributed by atoms with Crippen LogP contribution in [-0.2, 0) is 16.6 Å². The van der Waals surface area contributed by atoms with E-state index in [-0.39, 0.29) is 5.97 Å². The van der Waals surface area contributed by atoms with E-state index in [1.807, 2.05) is 19.3 Å². The van der Waals surface area contributed by atoms with Crippen LogP contribution < -0.4 is 0 Å². The van der Waals surface area contributed by atoms with Crippen molar-refractivity contribution >= 4 is 17.7 Å². The van der Waals surface area contributed by atoms with E-state index in [0.717, 1.165) is 10.6 Å². The van der Waals surface area contributed by atoms with Gasteiger partial charge in [-0.2, -0.15) is 5.10 Å². The summed E-state index contributed by atoms with van der Waals surface area (Å²) in [5.41, 5.74) is 0.633. The van der Waals surface area contributed by atoms with Crippen LogP contribution >= 0.6 is 11.8 Å². The third-order valence-electron chi connectivity index (χ3n) is 1.83. The highest BCUT2D eigenvalue weighted by Gasteiger charge is 2.02. The molecule has 0 fully saturated rings. The summed E-state index contributed by atoms with van der Waals surface area (Å²) in [4.78, 5) is 12.1. The van der Waals surface area contributed by atoms with Crippen LogP contribution in [0.15, 0.2) is 28.9 Å². The van der Waals surface area contributed by atoms with Gasteiger partial charge in [0.25, 0.3) is 0 Å². The first-order valence-electron chi connectivity index (χ1n) is 4.50. The van der Waals surface area contributed by atoms with Crippen LogP contribution in [0.4, 0.5) is 0 Å². The molecule has 82 valence electrons. The zero-order chi connectivity index (χ0) is 11.3. The molecule has 1 heterocycles. The molecule has 1 aromatic rings. The third-order valence-corrected chi connectivity index (χ3v) is 2.71. The van der Waals surface area contributed by atoms with Gasteiger partial charge in [-0.25, -0.2) is 4.79 Å². The van der Waals surface area contributed by atoms with Gasteiger partial charge in [0, 0.05) is 29.5 Å². The van der Waals surface area contributed by atoms with E-state index in [9.17, 15) is 4.79 Å². The Bertz CT molecular complexity index is 371. The molecular formula is C10H14N2O2S. The van der Waals surface area contributed by atoms with Gasteiger partial charge in [0.2, 0.25) is 0 Å². The topological polar surface area (TPSA) is 44.1 Å². The molecule has 1 aromatic heterocycles. The van der Waals surface area contributed by atoms with E-state index in [2.05, 4.69) is 9.84 Å². The van der Waals surface area contributed by atoms with E-state index in [1.54, 1.807) is 29.6 Å². The average Bonchev–Trinajstić information content (AvgIpc) is 2.63. The number of carbonyl (C=O) groups is 1. The molecule has 0 atom stereocenters. The smallest absolute Gasteiger partial charge is 0.333 e. The van der Waals surface area contributed by atoms with Crippen molar-refractivity contribution in [3.8, 4) is 0 Å². The fraction of sp³-hybridized carbons (Fsp3) is 0.400. The Labute approximate surface area is 93.3 Å². The van der Waals surface area contributed by atoms with Crippen LogP contribution in [0.1, 0.15) is 6.92 Å². The number of aryl methyl sites for hydroxylation is 1. The minimum absolute atomic E-state index is 0.276. The number of hydrogen-bond donors (Lipinski definition) is 0. The molecule has 0 N–H and O–H groups in total. The van der Waals surface area contributed by atoms with Gasteiger partial charge in [0.15, 0.2) is 0 Å². The van der Waals surface area contributed by atoms with Gasteiger partial charge in [-0.3, -0.25) is 4.68 Å². The summed E-state index contributed by atoms with van der Waals surface area (Å²) in [6.45, 7) is 1.75. The maximum Gasteiger partial charge on any atom is 0.333 e. The van der Waals surface area contributed by atoms with Crippen LogP contribution in [0, 0.1) is 0 Å². The number of carbonyl (C=O) groups excluding carboxylic acids is 1. The molecule has 4 nitrogen and oxygen atoms in total. The number of nitrogens with zero attached hydrogens (tertiary/aromatic N) is 2. The quantitative estimate of drug-likeness (QED) is 0.444. The van der Waals surface area contributed by atoms with Crippen molar-refractivity contribution in [1.82, 2.24) is 9.78 Å². The largest absolute Gasteiger partial charge is 0.466 e. The highest BCUT2D eigenvalue weighted by molar-refractivity contribution is 7.99. The van der Waals surface area contributed by atoms with Crippen molar-refractivity contribution in [3.05, 3.63) is 24.0 Å². The molecule has 0 saturated heterocycles. The lowest BCUT2D eigenvalue weighted by atomic mass is 10.3. The van der Waals surface area contributed by atoms with Gasteiger partial charge in [0.05, 0.1) is 13.3 Å². The molecule has 0 saturated carbocycles. The van der Waals surface area contributed by atoms with E-state index >= 15 is 0 Å². The maximum absolute atomic E-state index is 11.0. The van der Waals surface area contributed by atoms with E-state index in [1.165, 1.54) is 7.11 Å². The van der Waals surface area contributed by atoms with Crippen molar-refractivity contribution in [2.24, 2.45) is 7.05 Å². The number of hydrogen-bond acceptors (Lipinski definition) is 4. The second kappa shape index (κ2) is 5.60. The standard InChI is InChI=1S/C10H14N2O2S/c1-8(10(13)14-3)4-5-15-9-6-11-12(2)7-9/h4,6-7H,5H2,1-3H3. The molecular weight excluding hydrogens is 212 g/mol. The van der Waals surface area contributed by atoms with Crippen molar-refractivity contribution in [3.63, 3.8) is 0 Å². The molecule has 0 aliphatic heterocycles. The van der Waals surface area contributed by atoms with Crippen LogP contribution in [-0.4, -0.2) is 28.6 Å². The first-order valence-corrected chi connectivity index (χ1v) is 5.48. The second-order valence-electron chi connectivity index (χ2n) is 3.04. The molecule has 15 heavy (non-hydrogen) atoms. The van der Waals surface area contributed by atoms with Gasteiger partial charge < -0.3 is 4.74 Å². The number of rotatable bonds is 4. The number of aromatic nitrogens is 2. The van der Waals surface area contributed by atoms with E-state index in [4.69, 9.17) is 0 Å². The zero-order valence-electron chi connectivity index (χ0n) is 9.06. The van der Waals surface area contributed by atoms with Crippen molar-refractivity contribution in [2.75, 3.05) is 12.9 Å². The molecule has 0 aliphatic carbocycles. The Balaban J connectivity index is 2.41. The number of ether oxygens (including phenoxy) is 1. The highest BCUT2D eigenvalue weighted by atomic mass is 32.2. The summed E-state index contributed by atoms with van der Waals surface area (Å²) >= 11 is 1.63. The molecule has 0 amide bonds. The minimum Gasteiger partial charge on any atom is -0.466 e. The fourth-order valence-electron chi connectivity index (χ4n) is 0.981. The summed E-state index contributed by atoms with van der Waals surface area (Å²) in [6.07, 6.45) is 5.58. The van der Waals surface area contributed by atoms with Crippen LogP contribution in [0.3, 0.4) is 0 Å². The summed E-state index contributed by atoms with van der Waals surface area (Å²) in [5.74, 6) is 0.467. The Morgan fingerprint density at radius 2 is 2.47 bits per heavy atom. The Morgan fingerprint density at radius 1 is 1.73 bits per heavy atom. The van der Waals surface area contributed by atoms with Gasteiger partial charge in [0.1, 0.15) is 0 Å². The molecule has 0 unspecified atom stereocenters. The molecule has 0 aromatic carbocycles. The summed E-state index contributed by atoms with van der Waals surface area (Å²) in [6, 6.07) is 0. The Kier molecular flexibility index (Phi) is 4.42. The molecule has 0 bridgehead atoms. The highest BCUT2D eigenvalue weighted by Crippen LogP contribution is 2.16. The first kappa shape index (κ1) is 11.8. The third kappa shape index (κ3) is 3.79. The Morgan fingerprint density at radius 3 is 3.00 bits per heavy atom. The first-order chi connectivity index (χ1) is 7.13. The molecule has 0 spiro atoms. The van der Waals surface area contributed by atoms with Crippen molar-refractivity contribution < 1.29 is 9.53 Å². The molecule has 1 rings (SSSR count). The van der Waals surface area contributed by atoms with E-state index in [0.29, 0.717) is 5.57 Å². The lowest BCUT2D eigenvalue weighted by Crippen LogP contribution is -2.01. The number of methoxy groups -OCH3 is 1. The fourth-order valence-corrected chi connectivity index (χ4v) is 1.86. The lowest BCUT2D eigenvalue weighted by Gasteiger charge is -1.97. The zero-order valence-corrected chi connectivity index (χ0v) is 9.87. The Hall–Kier alpha value is -1.23. The van der Waals surface area contributed by atoms with Crippen LogP contribution in [0.25, 0.3) is 0 Å². The number of esters is 1. The maximum atomic E-state index is 11.0. The van der Waals surface area contributed by atoms with Crippen LogP contribution in [0.5, 0.6) is 0 Å². The van der Waals surface area contributed by atoms with Gasteiger partial charge in [-0.1, -0.05) is 6.08 Å². The van der Waals surface area contributed by atoms with Crippen molar-refractivity contribution in [2.45, 2.75) is 11.8 Å². The summed E-state index contributed by atoms with van der Waals surface area (Å²) < 4.78 is 6.34. The monoisotopic (exact) mass is 226 g/mol. The molecule has 0 aliphatic rings. The van der Waals surface area contributed by atoms with Crippen molar-refractivity contribution in [1.29, 1.82) is 0 Å². The summed E-state index contributed by atoms with van der Waals surface area (Å²) in [5, 5.41) is 4.05. The van der Waals surface area contributed by atoms with Crippen LogP contribution in [0.2, 0.25) is 0 Å². The average molecular weight is 226 g/mol. The van der Waals surface area contributed by atoms with Gasteiger partial charge in [-0.05, 0) is 6.92 Å². The lowest BCUT2D eigenvalue weighted by molar-refractivity contribution is -0.136. The SMILES string of the molecule is COC(=O)C(C)=CCSc1cnn(C)c1. The van der Waals surface area contributed by atoms with E-state index < -0.39 is 0 Å². The van der Waals surface area contributed by atoms with Gasteiger partial charge >= 0.3 is 5.97 Å². The minimum atomic E-state index is -0.276. The normalized spacial score (nSPS) is 11.5. The predicted octanol–water partition coefficient (Wildman–Crippen LogP) is 1.63. The number of thioether (sulfide) groups is 1. The second-order valence-corrected chi connectivity index (χ2v) is 4.13. The molecule has 0 radical (unpaired) electrons.